The molecule has 0 aliphatic heterocycles. The van der Waals surface area contributed by atoms with E-state index < -0.39 is 0 Å². The predicted molar refractivity (Wildman–Crippen MR) is 116 cm³/mol. The van der Waals surface area contributed by atoms with Crippen molar-refractivity contribution in [1.82, 2.24) is 0 Å². The van der Waals surface area contributed by atoms with E-state index >= 15 is 0 Å². The Balaban J connectivity index is 2.04. The second-order valence-corrected chi connectivity index (χ2v) is 6.95. The minimum absolute atomic E-state index is 0.0842. The smallest absolute Gasteiger partial charge is 0.197 e. The Labute approximate surface area is 171 Å². The summed E-state index contributed by atoms with van der Waals surface area (Å²) in [5.41, 5.74) is 3.06. The second-order valence-electron chi connectivity index (χ2n) is 6.95. The summed E-state index contributed by atoms with van der Waals surface area (Å²) in [4.78, 5) is 28.4. The normalized spacial score (nSPS) is 10.6. The van der Waals surface area contributed by atoms with E-state index in [1.165, 1.54) is 0 Å². The van der Waals surface area contributed by atoms with Crippen LogP contribution < -0.4 is 4.90 Å². The number of phenols is 1. The predicted octanol–water partition coefficient (Wildman–Crippen LogP) is 5.01. The molecule has 0 saturated carbocycles. The fourth-order valence-electron chi connectivity index (χ4n) is 3.43. The van der Waals surface area contributed by atoms with Crippen molar-refractivity contribution >= 4 is 17.3 Å². The van der Waals surface area contributed by atoms with Crippen molar-refractivity contribution in [1.29, 1.82) is 0 Å². The highest BCUT2D eigenvalue weighted by atomic mass is 16.3. The number of aromatic hydroxyl groups is 1. The highest BCUT2D eigenvalue weighted by molar-refractivity contribution is 6.20. The molecule has 0 aliphatic rings. The maximum absolute atomic E-state index is 13.3. The Morgan fingerprint density at radius 3 is 2.07 bits per heavy atom. The molecule has 0 spiro atoms. The summed E-state index contributed by atoms with van der Waals surface area (Å²) >= 11 is 0. The first-order valence-corrected chi connectivity index (χ1v) is 9.79. The molecule has 4 nitrogen and oxygen atoms in total. The van der Waals surface area contributed by atoms with Crippen LogP contribution in [0.5, 0.6) is 5.75 Å². The lowest BCUT2D eigenvalue weighted by Crippen LogP contribution is -2.21. The zero-order chi connectivity index (χ0) is 21.0. The summed E-state index contributed by atoms with van der Waals surface area (Å²) in [5, 5.41) is 10.5. The van der Waals surface area contributed by atoms with Gasteiger partial charge in [0.1, 0.15) is 5.75 Å². The number of hydrogen-bond donors (Lipinski definition) is 1. The van der Waals surface area contributed by atoms with Gasteiger partial charge in [0.25, 0.3) is 0 Å². The number of benzene rings is 3. The van der Waals surface area contributed by atoms with Crippen LogP contribution >= 0.6 is 0 Å². The van der Waals surface area contributed by atoms with Gasteiger partial charge in [-0.1, -0.05) is 48.0 Å². The highest BCUT2D eigenvalue weighted by Gasteiger charge is 2.22. The fourth-order valence-corrected chi connectivity index (χ4v) is 3.43. The zero-order valence-electron chi connectivity index (χ0n) is 17.0. The van der Waals surface area contributed by atoms with E-state index in [-0.39, 0.29) is 22.9 Å². The Morgan fingerprint density at radius 1 is 0.793 bits per heavy atom. The maximum Gasteiger partial charge on any atom is 0.197 e. The number of carbonyl (C=O) groups excluding carboxylic acids is 2. The molecule has 0 aliphatic carbocycles. The van der Waals surface area contributed by atoms with E-state index in [0.29, 0.717) is 16.7 Å². The van der Waals surface area contributed by atoms with Gasteiger partial charge in [0.15, 0.2) is 11.6 Å². The van der Waals surface area contributed by atoms with Crippen LogP contribution in [-0.2, 0) is 0 Å². The molecule has 3 aromatic carbocycles. The molecule has 0 saturated heterocycles. The van der Waals surface area contributed by atoms with Crippen LogP contribution in [0.25, 0.3) is 0 Å². The number of anilines is 1. The highest BCUT2D eigenvalue weighted by Crippen LogP contribution is 2.28. The fraction of sp³-hybridized carbons (Fsp3) is 0.200. The van der Waals surface area contributed by atoms with Gasteiger partial charge in [0.2, 0.25) is 0 Å². The Bertz CT molecular complexity index is 1040. The lowest BCUT2D eigenvalue weighted by Gasteiger charge is -2.21. The van der Waals surface area contributed by atoms with Gasteiger partial charge in [-0.25, -0.2) is 0 Å². The van der Waals surface area contributed by atoms with Crippen LogP contribution in [0.4, 0.5) is 5.69 Å². The first kappa shape index (κ1) is 20.3. The first-order valence-electron chi connectivity index (χ1n) is 9.79. The summed E-state index contributed by atoms with van der Waals surface area (Å²) < 4.78 is 0. The molecule has 3 aromatic rings. The molecule has 0 unspecified atom stereocenters. The van der Waals surface area contributed by atoms with Crippen molar-refractivity contribution in [2.75, 3.05) is 18.0 Å². The molecule has 29 heavy (non-hydrogen) atoms. The lowest BCUT2D eigenvalue weighted by atomic mass is 9.91. The second kappa shape index (κ2) is 8.74. The van der Waals surface area contributed by atoms with Crippen LogP contribution in [0.1, 0.15) is 51.3 Å². The summed E-state index contributed by atoms with van der Waals surface area (Å²) in [7, 11) is 0. The Kier molecular flexibility index (Phi) is 6.13. The number of aryl methyl sites for hydroxylation is 1. The molecule has 1 N–H and O–H groups in total. The van der Waals surface area contributed by atoms with Crippen molar-refractivity contribution in [2.45, 2.75) is 20.8 Å². The van der Waals surface area contributed by atoms with Gasteiger partial charge in [0, 0.05) is 41.5 Å². The van der Waals surface area contributed by atoms with Gasteiger partial charge in [-0.2, -0.15) is 0 Å². The van der Waals surface area contributed by atoms with Gasteiger partial charge >= 0.3 is 0 Å². The minimum atomic E-state index is -0.364. The van der Waals surface area contributed by atoms with E-state index in [2.05, 4.69) is 4.90 Å². The minimum Gasteiger partial charge on any atom is -0.507 e. The average molecular weight is 387 g/mol. The molecule has 0 fully saturated rings. The van der Waals surface area contributed by atoms with Gasteiger partial charge in [-0.05, 0) is 39.0 Å². The van der Waals surface area contributed by atoms with Crippen LogP contribution in [0.3, 0.4) is 0 Å². The molecule has 0 heterocycles. The third kappa shape index (κ3) is 4.21. The third-order valence-electron chi connectivity index (χ3n) is 5.05. The van der Waals surface area contributed by atoms with E-state index in [1.54, 1.807) is 48.5 Å². The van der Waals surface area contributed by atoms with Gasteiger partial charge in [0.05, 0.1) is 5.56 Å². The Morgan fingerprint density at radius 2 is 1.45 bits per heavy atom. The van der Waals surface area contributed by atoms with E-state index in [1.807, 2.05) is 39.0 Å². The summed E-state index contributed by atoms with van der Waals surface area (Å²) in [6, 6.07) is 19.1. The summed E-state index contributed by atoms with van der Waals surface area (Å²) in [6.45, 7) is 7.55. The van der Waals surface area contributed by atoms with Crippen LogP contribution in [-0.4, -0.2) is 29.8 Å². The molecule has 0 bridgehead atoms. The maximum atomic E-state index is 13.3. The molecule has 0 radical (unpaired) electrons. The topological polar surface area (TPSA) is 57.6 Å². The van der Waals surface area contributed by atoms with Crippen LogP contribution in [0.2, 0.25) is 0 Å². The monoisotopic (exact) mass is 387 g/mol. The molecular formula is C25H25NO3. The van der Waals surface area contributed by atoms with Crippen molar-refractivity contribution < 1.29 is 14.7 Å². The zero-order valence-corrected chi connectivity index (χ0v) is 17.0. The molecular weight excluding hydrogens is 362 g/mol. The average Bonchev–Trinajstić information content (AvgIpc) is 2.74. The van der Waals surface area contributed by atoms with Gasteiger partial charge in [-0.15, -0.1) is 0 Å². The Hall–Kier alpha value is -3.40. The molecule has 4 heteroatoms. The number of carbonyl (C=O) groups is 2. The lowest BCUT2D eigenvalue weighted by molar-refractivity contribution is 0.100. The molecule has 0 amide bonds. The number of rotatable bonds is 7. The van der Waals surface area contributed by atoms with Crippen LogP contribution in [0, 0.1) is 6.92 Å². The number of phenolic OH excluding ortho intramolecular Hbond substituents is 1. The number of ketones is 2. The standard InChI is InChI=1S/C25H25NO3/c1-4-26(5-2)19-12-14-21(23(27)16-19)25(29)22-15-17(3)11-13-20(22)24(28)18-9-7-6-8-10-18/h6-16,27H,4-5H2,1-3H3. The SMILES string of the molecule is CCN(CC)c1ccc(C(=O)c2cc(C)ccc2C(=O)c2ccccc2)c(O)c1. The number of hydrogen-bond acceptors (Lipinski definition) is 4. The van der Waals surface area contributed by atoms with Crippen LogP contribution in [0.15, 0.2) is 66.7 Å². The largest absolute Gasteiger partial charge is 0.507 e. The molecule has 3 rings (SSSR count). The third-order valence-corrected chi connectivity index (χ3v) is 5.05. The van der Waals surface area contributed by atoms with Crippen molar-refractivity contribution in [3.63, 3.8) is 0 Å². The van der Waals surface area contributed by atoms with Gasteiger partial charge < -0.3 is 10.0 Å². The molecule has 148 valence electrons. The van der Waals surface area contributed by atoms with E-state index in [4.69, 9.17) is 0 Å². The first-order chi connectivity index (χ1) is 14.0. The summed E-state index contributed by atoms with van der Waals surface area (Å²) in [6.07, 6.45) is 0. The molecule has 0 atom stereocenters. The molecule has 0 aromatic heterocycles. The van der Waals surface area contributed by atoms with Crippen molar-refractivity contribution in [2.24, 2.45) is 0 Å². The van der Waals surface area contributed by atoms with Crippen molar-refractivity contribution in [3.05, 3.63) is 94.5 Å². The quantitative estimate of drug-likeness (QED) is 0.579. The van der Waals surface area contributed by atoms with E-state index in [9.17, 15) is 14.7 Å². The van der Waals surface area contributed by atoms with E-state index in [0.717, 1.165) is 24.3 Å². The number of nitrogens with zero attached hydrogens (tertiary/aromatic N) is 1. The van der Waals surface area contributed by atoms with Gasteiger partial charge in [-0.3, -0.25) is 9.59 Å². The van der Waals surface area contributed by atoms with Crippen molar-refractivity contribution in [3.8, 4) is 5.75 Å². The summed E-state index contributed by atoms with van der Waals surface area (Å²) in [5.74, 6) is -0.663.